The predicted molar refractivity (Wildman–Crippen MR) is 87.2 cm³/mol. The molecule has 3 rings (SSSR count). The number of para-hydroxylation sites is 1. The van der Waals surface area contributed by atoms with Crippen molar-refractivity contribution in [1.82, 2.24) is 20.1 Å². The van der Waals surface area contributed by atoms with Gasteiger partial charge >= 0.3 is 0 Å². The minimum absolute atomic E-state index is 0.120. The summed E-state index contributed by atoms with van der Waals surface area (Å²) in [5.74, 6) is 0.841. The van der Waals surface area contributed by atoms with Crippen LogP contribution in [0.5, 0.6) is 5.75 Å². The van der Waals surface area contributed by atoms with Crippen molar-refractivity contribution >= 4 is 10.9 Å². The number of hydrogen-bond acceptors (Lipinski definition) is 4. The second-order valence-electron chi connectivity index (χ2n) is 5.18. The third-order valence-corrected chi connectivity index (χ3v) is 3.83. The van der Waals surface area contributed by atoms with E-state index in [9.17, 15) is 0 Å². The molecular weight excluding hydrogens is 276 g/mol. The molecule has 22 heavy (non-hydrogen) atoms. The Morgan fingerprint density at radius 3 is 2.86 bits per heavy atom. The zero-order valence-corrected chi connectivity index (χ0v) is 12.9. The van der Waals surface area contributed by atoms with Crippen LogP contribution in [0.25, 0.3) is 10.9 Å². The standard InChI is InChI=1S/C17H20N4O/c1-18-10-8-15(13-6-4-9-19-11-13)21-17-14(12-20-21)5-3-7-16(17)22-2/h3-7,9,11-12,15,18H,8,10H2,1-2H3. The van der Waals surface area contributed by atoms with Gasteiger partial charge in [-0.1, -0.05) is 18.2 Å². The Balaban J connectivity index is 2.12. The van der Waals surface area contributed by atoms with Gasteiger partial charge in [0, 0.05) is 17.8 Å². The summed E-state index contributed by atoms with van der Waals surface area (Å²) in [5, 5.41) is 8.91. The fourth-order valence-corrected chi connectivity index (χ4v) is 2.76. The van der Waals surface area contributed by atoms with Crippen molar-refractivity contribution in [3.05, 3.63) is 54.5 Å². The van der Waals surface area contributed by atoms with E-state index in [0.717, 1.165) is 35.2 Å². The van der Waals surface area contributed by atoms with E-state index in [2.05, 4.69) is 27.5 Å². The second kappa shape index (κ2) is 6.58. The number of hydrogen-bond donors (Lipinski definition) is 1. The Hall–Kier alpha value is -2.40. The highest BCUT2D eigenvalue weighted by atomic mass is 16.5. The van der Waals surface area contributed by atoms with Crippen molar-refractivity contribution in [2.75, 3.05) is 20.7 Å². The van der Waals surface area contributed by atoms with E-state index < -0.39 is 0 Å². The molecule has 1 atom stereocenters. The molecule has 3 aromatic rings. The quantitative estimate of drug-likeness (QED) is 0.760. The number of nitrogens with one attached hydrogen (secondary N) is 1. The van der Waals surface area contributed by atoms with Gasteiger partial charge in [-0.2, -0.15) is 5.10 Å². The minimum Gasteiger partial charge on any atom is -0.494 e. The maximum Gasteiger partial charge on any atom is 0.144 e. The van der Waals surface area contributed by atoms with Crippen LogP contribution in [-0.2, 0) is 0 Å². The monoisotopic (exact) mass is 296 g/mol. The molecule has 0 saturated heterocycles. The molecule has 0 radical (unpaired) electrons. The minimum atomic E-state index is 0.120. The van der Waals surface area contributed by atoms with Gasteiger partial charge in [0.05, 0.1) is 19.3 Å². The Morgan fingerprint density at radius 2 is 2.14 bits per heavy atom. The summed E-state index contributed by atoms with van der Waals surface area (Å²) in [7, 11) is 3.65. The van der Waals surface area contributed by atoms with Crippen LogP contribution in [0.3, 0.4) is 0 Å². The van der Waals surface area contributed by atoms with E-state index in [1.807, 2.05) is 42.3 Å². The van der Waals surface area contributed by atoms with Crippen LogP contribution in [0.4, 0.5) is 0 Å². The molecule has 1 aromatic carbocycles. The number of pyridine rings is 1. The average Bonchev–Trinajstić information content (AvgIpc) is 3.00. The maximum atomic E-state index is 5.52. The highest BCUT2D eigenvalue weighted by molar-refractivity contribution is 5.84. The van der Waals surface area contributed by atoms with Gasteiger partial charge in [0.2, 0.25) is 0 Å². The Labute approximate surface area is 129 Å². The van der Waals surface area contributed by atoms with E-state index in [1.54, 1.807) is 13.3 Å². The molecule has 5 nitrogen and oxygen atoms in total. The van der Waals surface area contributed by atoms with Gasteiger partial charge in [-0.25, -0.2) is 0 Å². The van der Waals surface area contributed by atoms with Crippen molar-refractivity contribution in [2.45, 2.75) is 12.5 Å². The van der Waals surface area contributed by atoms with Gasteiger partial charge in [-0.05, 0) is 37.7 Å². The number of rotatable bonds is 6. The summed E-state index contributed by atoms with van der Waals surface area (Å²) in [6.07, 6.45) is 6.52. The third kappa shape index (κ3) is 2.67. The van der Waals surface area contributed by atoms with E-state index in [1.165, 1.54) is 0 Å². The second-order valence-corrected chi connectivity index (χ2v) is 5.18. The normalized spacial score (nSPS) is 12.5. The summed E-state index contributed by atoms with van der Waals surface area (Å²) in [6, 6.07) is 10.2. The fourth-order valence-electron chi connectivity index (χ4n) is 2.76. The van der Waals surface area contributed by atoms with Gasteiger partial charge in [-0.15, -0.1) is 0 Å². The molecule has 0 aliphatic carbocycles. The summed E-state index contributed by atoms with van der Waals surface area (Å²) in [4.78, 5) is 4.25. The molecule has 0 saturated carbocycles. The Morgan fingerprint density at radius 1 is 1.23 bits per heavy atom. The smallest absolute Gasteiger partial charge is 0.144 e. The summed E-state index contributed by atoms with van der Waals surface area (Å²) in [6.45, 7) is 0.899. The van der Waals surface area contributed by atoms with Gasteiger partial charge in [0.15, 0.2) is 0 Å². The maximum absolute atomic E-state index is 5.52. The molecule has 0 aliphatic heterocycles. The average molecular weight is 296 g/mol. The van der Waals surface area contributed by atoms with E-state index >= 15 is 0 Å². The van der Waals surface area contributed by atoms with Gasteiger partial charge in [0.1, 0.15) is 11.3 Å². The molecule has 5 heteroatoms. The van der Waals surface area contributed by atoms with Gasteiger partial charge in [-0.3, -0.25) is 9.67 Å². The first kappa shape index (κ1) is 14.5. The van der Waals surface area contributed by atoms with Gasteiger partial charge in [0.25, 0.3) is 0 Å². The first-order valence-electron chi connectivity index (χ1n) is 7.40. The van der Waals surface area contributed by atoms with Crippen molar-refractivity contribution in [3.63, 3.8) is 0 Å². The van der Waals surface area contributed by atoms with Crippen LogP contribution >= 0.6 is 0 Å². The number of nitrogens with zero attached hydrogens (tertiary/aromatic N) is 3. The highest BCUT2D eigenvalue weighted by Gasteiger charge is 2.19. The molecule has 0 spiro atoms. The van der Waals surface area contributed by atoms with Crippen molar-refractivity contribution in [2.24, 2.45) is 0 Å². The first-order chi connectivity index (χ1) is 10.8. The molecular formula is C17H20N4O. The highest BCUT2D eigenvalue weighted by Crippen LogP contribution is 2.31. The lowest BCUT2D eigenvalue weighted by molar-refractivity contribution is 0.412. The molecule has 114 valence electrons. The largest absolute Gasteiger partial charge is 0.494 e. The Bertz CT molecular complexity index is 739. The van der Waals surface area contributed by atoms with Crippen LogP contribution < -0.4 is 10.1 Å². The lowest BCUT2D eigenvalue weighted by Gasteiger charge is -2.19. The molecule has 2 aromatic heterocycles. The molecule has 0 bridgehead atoms. The number of fused-ring (bicyclic) bond motifs is 1. The zero-order valence-electron chi connectivity index (χ0n) is 12.9. The number of methoxy groups -OCH3 is 1. The molecule has 0 amide bonds. The summed E-state index contributed by atoms with van der Waals surface area (Å²) < 4.78 is 7.57. The zero-order chi connectivity index (χ0) is 15.4. The summed E-state index contributed by atoms with van der Waals surface area (Å²) >= 11 is 0. The molecule has 1 N–H and O–H groups in total. The molecule has 1 unspecified atom stereocenters. The van der Waals surface area contributed by atoms with E-state index in [0.29, 0.717) is 0 Å². The lowest BCUT2D eigenvalue weighted by Crippen LogP contribution is -2.19. The molecule has 0 fully saturated rings. The third-order valence-electron chi connectivity index (χ3n) is 3.83. The summed E-state index contributed by atoms with van der Waals surface area (Å²) in [5.41, 5.74) is 2.17. The first-order valence-corrected chi connectivity index (χ1v) is 7.40. The number of aromatic nitrogens is 3. The van der Waals surface area contributed by atoms with E-state index in [-0.39, 0.29) is 6.04 Å². The number of benzene rings is 1. The lowest BCUT2D eigenvalue weighted by atomic mass is 10.1. The van der Waals surface area contributed by atoms with Gasteiger partial charge < -0.3 is 10.1 Å². The van der Waals surface area contributed by atoms with Crippen molar-refractivity contribution in [1.29, 1.82) is 0 Å². The van der Waals surface area contributed by atoms with Crippen LogP contribution in [0.15, 0.2) is 48.9 Å². The fraction of sp³-hybridized carbons (Fsp3) is 0.294. The van der Waals surface area contributed by atoms with Crippen LogP contribution in [0, 0.1) is 0 Å². The van der Waals surface area contributed by atoms with Crippen LogP contribution in [0.2, 0.25) is 0 Å². The van der Waals surface area contributed by atoms with Crippen LogP contribution in [0.1, 0.15) is 18.0 Å². The Kier molecular flexibility index (Phi) is 4.34. The molecule has 2 heterocycles. The van der Waals surface area contributed by atoms with Crippen LogP contribution in [-0.4, -0.2) is 35.5 Å². The number of ether oxygens (including phenoxy) is 1. The van der Waals surface area contributed by atoms with Crippen molar-refractivity contribution in [3.8, 4) is 5.75 Å². The SMILES string of the molecule is CNCCC(c1cccnc1)n1ncc2cccc(OC)c21. The van der Waals surface area contributed by atoms with E-state index in [4.69, 9.17) is 4.74 Å². The topological polar surface area (TPSA) is 52.0 Å². The molecule has 0 aliphatic rings. The van der Waals surface area contributed by atoms with Crippen molar-refractivity contribution < 1.29 is 4.74 Å². The predicted octanol–water partition coefficient (Wildman–Crippen LogP) is 2.64.